The zero-order chi connectivity index (χ0) is 24.9. The van der Waals surface area contributed by atoms with Gasteiger partial charge < -0.3 is 9.30 Å². The van der Waals surface area contributed by atoms with Crippen LogP contribution >= 0.6 is 11.8 Å². The van der Waals surface area contributed by atoms with Crippen LogP contribution in [0.15, 0.2) is 59.8 Å². The molecule has 0 spiro atoms. The fourth-order valence-electron chi connectivity index (χ4n) is 4.01. The minimum atomic E-state index is 0.0508. The second-order valence-corrected chi connectivity index (χ2v) is 9.61. The van der Waals surface area contributed by atoms with E-state index in [2.05, 4.69) is 52.9 Å². The maximum Gasteiger partial charge on any atom is 0.210 e. The summed E-state index contributed by atoms with van der Waals surface area (Å²) in [5.41, 5.74) is 8.51. The molecule has 6 nitrogen and oxygen atoms in total. The Labute approximate surface area is 210 Å². The van der Waals surface area contributed by atoms with Crippen LogP contribution in [0.25, 0.3) is 22.5 Å². The topological polar surface area (TPSA) is 69.9 Å². The quantitative estimate of drug-likeness (QED) is 0.218. The molecule has 0 aliphatic rings. The summed E-state index contributed by atoms with van der Waals surface area (Å²) in [6, 6.07) is 18.4. The highest BCUT2D eigenvalue weighted by molar-refractivity contribution is 7.99. The van der Waals surface area contributed by atoms with Crippen molar-refractivity contribution < 1.29 is 9.53 Å². The number of methoxy groups -OCH3 is 1. The molecule has 0 saturated carbocycles. The Morgan fingerprint density at radius 2 is 1.49 bits per heavy atom. The Morgan fingerprint density at radius 3 is 2.09 bits per heavy atom. The van der Waals surface area contributed by atoms with Crippen LogP contribution in [-0.2, 0) is 11.3 Å². The zero-order valence-corrected chi connectivity index (χ0v) is 21.6. The molecule has 0 bridgehead atoms. The number of thioether (sulfide) groups is 1. The predicted molar refractivity (Wildman–Crippen MR) is 141 cm³/mol. The van der Waals surface area contributed by atoms with Gasteiger partial charge in [0, 0.05) is 41.7 Å². The number of benzene rings is 2. The number of aromatic nitrogens is 4. The zero-order valence-electron chi connectivity index (χ0n) is 20.8. The summed E-state index contributed by atoms with van der Waals surface area (Å²) >= 11 is 1.32. The highest BCUT2D eigenvalue weighted by Gasteiger charge is 2.18. The van der Waals surface area contributed by atoms with E-state index in [0.29, 0.717) is 11.8 Å². The lowest BCUT2D eigenvalue weighted by Crippen LogP contribution is -2.10. The molecule has 4 rings (SSSR count). The molecular formula is C28H30N4O2S. The van der Waals surface area contributed by atoms with E-state index in [0.717, 1.165) is 46.0 Å². The van der Waals surface area contributed by atoms with E-state index in [9.17, 15) is 4.79 Å². The smallest absolute Gasteiger partial charge is 0.210 e. The number of carbonyl (C=O) groups excluding carboxylic acids is 1. The van der Waals surface area contributed by atoms with E-state index in [1.807, 2.05) is 44.2 Å². The molecule has 0 aliphatic carbocycles. The van der Waals surface area contributed by atoms with Gasteiger partial charge in [0.1, 0.15) is 11.4 Å². The third kappa shape index (κ3) is 5.69. The third-order valence-corrected chi connectivity index (χ3v) is 6.88. The van der Waals surface area contributed by atoms with E-state index < -0.39 is 0 Å². The number of ether oxygens (including phenoxy) is 1. The molecule has 0 atom stereocenters. The number of aryl methyl sites for hydroxylation is 3. The SMILES string of the molecule is COCCn1c(C)cc(C(=O)CSc2nnc(-c3ccc(C)cc3)c(-c3ccc(C)cc3)n2)c1C. The summed E-state index contributed by atoms with van der Waals surface area (Å²) in [6.07, 6.45) is 0. The number of ketones is 1. The summed E-state index contributed by atoms with van der Waals surface area (Å²) in [7, 11) is 1.68. The van der Waals surface area contributed by atoms with Gasteiger partial charge >= 0.3 is 0 Å². The van der Waals surface area contributed by atoms with E-state index in [-0.39, 0.29) is 11.5 Å². The van der Waals surface area contributed by atoms with Crippen LogP contribution in [0.3, 0.4) is 0 Å². The van der Waals surface area contributed by atoms with Crippen LogP contribution < -0.4 is 0 Å². The first kappa shape index (κ1) is 24.8. The molecule has 2 aromatic heterocycles. The minimum Gasteiger partial charge on any atom is -0.383 e. The number of rotatable bonds is 9. The highest BCUT2D eigenvalue weighted by atomic mass is 32.2. The molecule has 0 saturated heterocycles. The van der Waals surface area contributed by atoms with E-state index in [4.69, 9.17) is 9.72 Å². The van der Waals surface area contributed by atoms with Crippen molar-refractivity contribution in [3.63, 3.8) is 0 Å². The molecule has 0 unspecified atom stereocenters. The fourth-order valence-corrected chi connectivity index (χ4v) is 4.68. The molecule has 0 amide bonds. The molecule has 4 aromatic rings. The summed E-state index contributed by atoms with van der Waals surface area (Å²) in [5.74, 6) is 0.294. The van der Waals surface area contributed by atoms with Gasteiger partial charge in [0.25, 0.3) is 0 Å². The van der Waals surface area contributed by atoms with Crippen molar-refractivity contribution in [3.8, 4) is 22.5 Å². The highest BCUT2D eigenvalue weighted by Crippen LogP contribution is 2.30. The van der Waals surface area contributed by atoms with Gasteiger partial charge in [-0.3, -0.25) is 4.79 Å². The first-order valence-electron chi connectivity index (χ1n) is 11.6. The first-order chi connectivity index (χ1) is 16.9. The summed E-state index contributed by atoms with van der Waals surface area (Å²) in [4.78, 5) is 17.9. The van der Waals surface area contributed by atoms with Gasteiger partial charge in [-0.2, -0.15) is 0 Å². The van der Waals surface area contributed by atoms with Gasteiger partial charge in [-0.1, -0.05) is 71.4 Å². The Morgan fingerprint density at radius 1 is 0.886 bits per heavy atom. The monoisotopic (exact) mass is 486 g/mol. The molecule has 7 heteroatoms. The van der Waals surface area contributed by atoms with Gasteiger partial charge in [0.05, 0.1) is 12.4 Å². The molecule has 35 heavy (non-hydrogen) atoms. The van der Waals surface area contributed by atoms with Crippen LogP contribution in [0.5, 0.6) is 0 Å². The average molecular weight is 487 g/mol. The van der Waals surface area contributed by atoms with E-state index >= 15 is 0 Å². The van der Waals surface area contributed by atoms with Crippen molar-refractivity contribution in [1.82, 2.24) is 19.7 Å². The van der Waals surface area contributed by atoms with E-state index in [1.54, 1.807) is 7.11 Å². The lowest BCUT2D eigenvalue weighted by molar-refractivity contribution is 0.102. The second-order valence-electron chi connectivity index (χ2n) is 8.66. The maximum atomic E-state index is 13.0. The predicted octanol–water partition coefficient (Wildman–Crippen LogP) is 5.86. The third-order valence-electron chi connectivity index (χ3n) is 6.04. The molecule has 180 valence electrons. The van der Waals surface area contributed by atoms with Crippen molar-refractivity contribution >= 4 is 17.5 Å². The van der Waals surface area contributed by atoms with Crippen molar-refractivity contribution in [1.29, 1.82) is 0 Å². The van der Waals surface area contributed by atoms with Gasteiger partial charge in [0.2, 0.25) is 5.16 Å². The Kier molecular flexibility index (Phi) is 7.78. The molecule has 0 aliphatic heterocycles. The number of Topliss-reactive ketones (excluding diaryl/α,β-unsaturated/α-hetero) is 1. The van der Waals surface area contributed by atoms with E-state index in [1.165, 1.54) is 22.9 Å². The van der Waals surface area contributed by atoms with Crippen molar-refractivity contribution in [3.05, 3.63) is 82.7 Å². The lowest BCUT2D eigenvalue weighted by atomic mass is 10.0. The molecule has 0 N–H and O–H groups in total. The summed E-state index contributed by atoms with van der Waals surface area (Å²) in [6.45, 7) is 9.43. The molecule has 0 fully saturated rings. The minimum absolute atomic E-state index is 0.0508. The Balaban J connectivity index is 1.60. The van der Waals surface area contributed by atoms with Crippen molar-refractivity contribution in [2.45, 2.75) is 39.4 Å². The van der Waals surface area contributed by atoms with Crippen LogP contribution in [0.1, 0.15) is 32.9 Å². The maximum absolute atomic E-state index is 13.0. The van der Waals surface area contributed by atoms with Gasteiger partial charge in [-0.05, 0) is 33.8 Å². The molecular weight excluding hydrogens is 456 g/mol. The average Bonchev–Trinajstić information content (AvgIpc) is 3.15. The second kappa shape index (κ2) is 11.0. The Bertz CT molecular complexity index is 1330. The molecule has 2 aromatic carbocycles. The number of carbonyl (C=O) groups is 1. The molecule has 0 radical (unpaired) electrons. The largest absolute Gasteiger partial charge is 0.383 e. The van der Waals surface area contributed by atoms with Crippen LogP contribution in [-0.4, -0.2) is 45.0 Å². The molecule has 2 heterocycles. The van der Waals surface area contributed by atoms with Gasteiger partial charge in [-0.15, -0.1) is 10.2 Å². The fraction of sp³-hybridized carbons (Fsp3) is 0.286. The Hall–Kier alpha value is -3.29. The van der Waals surface area contributed by atoms with Crippen LogP contribution in [0.2, 0.25) is 0 Å². The first-order valence-corrected chi connectivity index (χ1v) is 12.6. The lowest BCUT2D eigenvalue weighted by Gasteiger charge is -2.10. The van der Waals surface area contributed by atoms with Gasteiger partial charge in [0.15, 0.2) is 5.78 Å². The normalized spacial score (nSPS) is 11.1. The number of hydrogen-bond acceptors (Lipinski definition) is 6. The van der Waals surface area contributed by atoms with Crippen LogP contribution in [0.4, 0.5) is 0 Å². The van der Waals surface area contributed by atoms with Crippen LogP contribution in [0, 0.1) is 27.7 Å². The number of hydrogen-bond donors (Lipinski definition) is 0. The van der Waals surface area contributed by atoms with Gasteiger partial charge in [-0.25, -0.2) is 4.98 Å². The van der Waals surface area contributed by atoms with Crippen molar-refractivity contribution in [2.75, 3.05) is 19.5 Å². The summed E-state index contributed by atoms with van der Waals surface area (Å²) in [5, 5.41) is 9.38. The van der Waals surface area contributed by atoms with Crippen molar-refractivity contribution in [2.24, 2.45) is 0 Å². The number of nitrogens with zero attached hydrogens (tertiary/aromatic N) is 4. The summed E-state index contributed by atoms with van der Waals surface area (Å²) < 4.78 is 7.32. The standard InChI is InChI=1S/C28H30N4O2S/c1-18-6-10-22(11-7-18)26-27(23-12-8-19(2)9-13-23)30-31-28(29-26)35-17-25(33)24-16-20(3)32(21(24)4)14-15-34-5/h6-13,16H,14-15,17H2,1-5H3.